The molecule has 1 N–H and O–H groups in total. The number of ether oxygens (including phenoxy) is 3. The molecule has 0 saturated carbocycles. The number of carbonyl (C=O) groups is 2. The molecule has 1 fully saturated rings. The maximum atomic E-state index is 13.7. The molecule has 4 aromatic rings. The van der Waals surface area contributed by atoms with Crippen LogP contribution in [0, 0.1) is 6.92 Å². The number of carbonyl (C=O) groups excluding carboxylic acids is 2. The second kappa shape index (κ2) is 14.6. The van der Waals surface area contributed by atoms with Gasteiger partial charge in [0, 0.05) is 11.3 Å². The number of aliphatic hydroxyl groups excluding tert-OH is 1. The molecular formula is C34H35N3O6S2. The first kappa shape index (κ1) is 32.1. The van der Waals surface area contributed by atoms with E-state index in [9.17, 15) is 14.7 Å². The smallest absolute Gasteiger partial charge is 0.301 e. The van der Waals surface area contributed by atoms with E-state index >= 15 is 0 Å². The van der Waals surface area contributed by atoms with Crippen molar-refractivity contribution in [3.8, 4) is 17.2 Å². The molecule has 1 aromatic heterocycles. The molecule has 0 radical (unpaired) electrons. The van der Waals surface area contributed by atoms with Crippen molar-refractivity contribution in [2.75, 3.05) is 25.2 Å². The van der Waals surface area contributed by atoms with Crippen LogP contribution in [0.4, 0.5) is 5.13 Å². The monoisotopic (exact) mass is 645 g/mol. The summed E-state index contributed by atoms with van der Waals surface area (Å²) in [6.07, 6.45) is 1.94. The number of ketones is 1. The standard InChI is InChI=1S/C34H35N3O6S2/c1-5-7-18-43-25-15-12-23(13-16-25)30(38)28-29(24-14-17-26(42-6-2)27(19-24)41-4)37(32(40)31(28)39)33-35-36-34(45-33)44-20-22-10-8-21(3)9-11-22/h8-17,19,29,38H,5-7,18,20H2,1-4H3/b30-28+. The number of hydrogen-bond acceptors (Lipinski definition) is 10. The van der Waals surface area contributed by atoms with Gasteiger partial charge in [0.05, 0.1) is 31.9 Å². The van der Waals surface area contributed by atoms with Gasteiger partial charge in [0.2, 0.25) is 5.13 Å². The SMILES string of the molecule is CCCCOc1ccc(/C(O)=C2\C(=O)C(=O)N(c3nnc(SCc4ccc(C)cc4)s3)C2c2ccc(OCC)c(OC)c2)cc1. The minimum atomic E-state index is -0.988. The summed E-state index contributed by atoms with van der Waals surface area (Å²) in [4.78, 5) is 28.6. The van der Waals surface area contributed by atoms with Gasteiger partial charge in [0.15, 0.2) is 15.8 Å². The molecule has 0 spiro atoms. The van der Waals surface area contributed by atoms with Crippen LogP contribution >= 0.6 is 23.1 Å². The Morgan fingerprint density at radius 2 is 1.73 bits per heavy atom. The van der Waals surface area contributed by atoms with Crippen molar-refractivity contribution in [1.29, 1.82) is 0 Å². The zero-order valence-corrected chi connectivity index (χ0v) is 27.2. The lowest BCUT2D eigenvalue weighted by atomic mass is 9.95. The summed E-state index contributed by atoms with van der Waals surface area (Å²) >= 11 is 2.71. The van der Waals surface area contributed by atoms with Crippen molar-refractivity contribution in [1.82, 2.24) is 10.2 Å². The third-order valence-corrected chi connectivity index (χ3v) is 9.35. The van der Waals surface area contributed by atoms with Crippen molar-refractivity contribution in [3.63, 3.8) is 0 Å². The van der Waals surface area contributed by atoms with E-state index in [1.54, 1.807) is 42.5 Å². The van der Waals surface area contributed by atoms with E-state index in [0.29, 0.717) is 51.7 Å². The molecule has 1 amide bonds. The van der Waals surface area contributed by atoms with Crippen molar-refractivity contribution in [2.24, 2.45) is 0 Å². The van der Waals surface area contributed by atoms with Gasteiger partial charge < -0.3 is 19.3 Å². The summed E-state index contributed by atoms with van der Waals surface area (Å²) in [5.41, 5.74) is 3.17. The number of benzene rings is 3. The highest BCUT2D eigenvalue weighted by molar-refractivity contribution is 8.00. The summed E-state index contributed by atoms with van der Waals surface area (Å²) in [6, 6.07) is 19.2. The van der Waals surface area contributed by atoms with Crippen LogP contribution < -0.4 is 19.1 Å². The Hall–Kier alpha value is -4.35. The molecule has 1 aliphatic rings. The van der Waals surface area contributed by atoms with E-state index in [0.717, 1.165) is 18.4 Å². The zero-order chi connectivity index (χ0) is 31.9. The van der Waals surface area contributed by atoms with E-state index < -0.39 is 17.7 Å². The van der Waals surface area contributed by atoms with E-state index in [1.807, 2.05) is 13.8 Å². The number of Topliss-reactive ketones (excluding diaryl/α,β-unsaturated/α-hetero) is 1. The summed E-state index contributed by atoms with van der Waals surface area (Å²) < 4.78 is 17.7. The quantitative estimate of drug-likeness (QED) is 0.0398. The molecule has 3 aromatic carbocycles. The van der Waals surface area contributed by atoms with Gasteiger partial charge in [-0.15, -0.1) is 10.2 Å². The maximum Gasteiger partial charge on any atom is 0.301 e. The Morgan fingerprint density at radius 3 is 2.42 bits per heavy atom. The lowest BCUT2D eigenvalue weighted by Gasteiger charge is -2.23. The number of rotatable bonds is 13. The number of nitrogens with zero attached hydrogens (tertiary/aromatic N) is 3. The molecule has 1 saturated heterocycles. The Kier molecular flexibility index (Phi) is 10.4. The molecule has 9 nitrogen and oxygen atoms in total. The number of aromatic nitrogens is 2. The summed E-state index contributed by atoms with van der Waals surface area (Å²) in [7, 11) is 1.52. The van der Waals surface area contributed by atoms with Gasteiger partial charge in [-0.3, -0.25) is 14.5 Å². The van der Waals surface area contributed by atoms with E-state index in [-0.39, 0.29) is 16.5 Å². The molecule has 1 unspecified atom stereocenters. The third-order valence-electron chi connectivity index (χ3n) is 7.23. The first-order valence-electron chi connectivity index (χ1n) is 14.7. The number of thioether (sulfide) groups is 1. The Balaban J connectivity index is 1.53. The molecule has 5 rings (SSSR count). The molecule has 1 atom stereocenters. The predicted octanol–water partition coefficient (Wildman–Crippen LogP) is 7.35. The predicted molar refractivity (Wildman–Crippen MR) is 176 cm³/mol. The van der Waals surface area contributed by atoms with Crippen molar-refractivity contribution in [3.05, 3.63) is 94.6 Å². The van der Waals surface area contributed by atoms with Crippen molar-refractivity contribution in [2.45, 2.75) is 49.7 Å². The van der Waals surface area contributed by atoms with Crippen LogP contribution in [-0.2, 0) is 15.3 Å². The fourth-order valence-electron chi connectivity index (χ4n) is 4.86. The average molecular weight is 646 g/mol. The molecule has 0 aliphatic carbocycles. The number of aliphatic hydroxyl groups is 1. The Morgan fingerprint density at radius 1 is 0.978 bits per heavy atom. The van der Waals surface area contributed by atoms with Gasteiger partial charge in [-0.25, -0.2) is 0 Å². The third kappa shape index (κ3) is 7.15. The van der Waals surface area contributed by atoms with Gasteiger partial charge >= 0.3 is 5.91 Å². The van der Waals surface area contributed by atoms with Crippen molar-refractivity contribution >= 4 is 45.7 Å². The number of methoxy groups -OCH3 is 1. The van der Waals surface area contributed by atoms with Crippen LogP contribution in [0.3, 0.4) is 0 Å². The normalized spacial score (nSPS) is 15.8. The molecule has 2 heterocycles. The van der Waals surface area contributed by atoms with Crippen LogP contribution in [-0.4, -0.2) is 47.3 Å². The van der Waals surface area contributed by atoms with Gasteiger partial charge in [-0.05, 0) is 67.8 Å². The second-order valence-electron chi connectivity index (χ2n) is 10.4. The molecule has 234 valence electrons. The summed E-state index contributed by atoms with van der Waals surface area (Å²) in [5, 5.41) is 20.4. The molecular weight excluding hydrogens is 611 g/mol. The highest BCUT2D eigenvalue weighted by Crippen LogP contribution is 2.45. The first-order chi connectivity index (χ1) is 21.8. The molecule has 0 bridgehead atoms. The average Bonchev–Trinajstić information content (AvgIpc) is 3.63. The van der Waals surface area contributed by atoms with Crippen LogP contribution in [0.25, 0.3) is 5.76 Å². The van der Waals surface area contributed by atoms with E-state index in [2.05, 4.69) is 41.4 Å². The van der Waals surface area contributed by atoms with Crippen molar-refractivity contribution < 1.29 is 28.9 Å². The highest BCUT2D eigenvalue weighted by Gasteiger charge is 2.48. The van der Waals surface area contributed by atoms with Crippen LogP contribution in [0.2, 0.25) is 0 Å². The van der Waals surface area contributed by atoms with E-state index in [1.165, 1.54) is 40.7 Å². The molecule has 11 heteroatoms. The van der Waals surface area contributed by atoms with E-state index in [4.69, 9.17) is 14.2 Å². The zero-order valence-electron chi connectivity index (χ0n) is 25.6. The number of anilines is 1. The van der Waals surface area contributed by atoms with Crippen LogP contribution in [0.5, 0.6) is 17.2 Å². The first-order valence-corrected chi connectivity index (χ1v) is 16.5. The number of unbranched alkanes of at least 4 members (excludes halogenated alkanes) is 1. The van der Waals surface area contributed by atoms with Gasteiger partial charge in [0.1, 0.15) is 11.5 Å². The van der Waals surface area contributed by atoms with Gasteiger partial charge in [-0.1, -0.05) is 72.3 Å². The molecule has 45 heavy (non-hydrogen) atoms. The topological polar surface area (TPSA) is 111 Å². The van der Waals surface area contributed by atoms with Gasteiger partial charge in [0.25, 0.3) is 5.78 Å². The summed E-state index contributed by atoms with van der Waals surface area (Å²) in [6.45, 7) is 7.01. The number of amides is 1. The summed E-state index contributed by atoms with van der Waals surface area (Å²) in [5.74, 6) is 0.346. The Bertz CT molecular complexity index is 1690. The maximum absolute atomic E-state index is 13.7. The number of hydrogen-bond donors (Lipinski definition) is 1. The number of aryl methyl sites for hydroxylation is 1. The highest BCUT2D eigenvalue weighted by atomic mass is 32.2. The lowest BCUT2D eigenvalue weighted by Crippen LogP contribution is -2.29. The fraction of sp³-hybridized carbons (Fsp3) is 0.294. The molecule has 1 aliphatic heterocycles. The van der Waals surface area contributed by atoms with Crippen LogP contribution in [0.15, 0.2) is 76.6 Å². The second-order valence-corrected chi connectivity index (χ2v) is 12.5. The largest absolute Gasteiger partial charge is 0.507 e. The van der Waals surface area contributed by atoms with Crippen LogP contribution in [0.1, 0.15) is 55.0 Å². The van der Waals surface area contributed by atoms with Gasteiger partial charge in [-0.2, -0.15) is 0 Å². The minimum Gasteiger partial charge on any atom is -0.507 e. The Labute approximate surface area is 270 Å². The fourth-order valence-corrected chi connectivity index (χ4v) is 6.68. The minimum absolute atomic E-state index is 0.0603. The lowest BCUT2D eigenvalue weighted by molar-refractivity contribution is -0.132.